The molecule has 0 aliphatic heterocycles. The van der Waals surface area contributed by atoms with E-state index in [-0.39, 0.29) is 11.2 Å². The van der Waals surface area contributed by atoms with E-state index in [9.17, 15) is 4.79 Å². The fourth-order valence-corrected chi connectivity index (χ4v) is 3.05. The number of alkyl halides is 1. The smallest absolute Gasteiger partial charge is 0.406 e. The second-order valence-corrected chi connectivity index (χ2v) is 5.18. The van der Waals surface area contributed by atoms with Crippen molar-refractivity contribution < 1.29 is 4.42 Å². The molecule has 98 valence electrons. The van der Waals surface area contributed by atoms with Crippen LogP contribution in [0.25, 0.3) is 11.2 Å². The minimum absolute atomic E-state index is 0.0676. The summed E-state index contributed by atoms with van der Waals surface area (Å²) < 4.78 is 6.85. The molecule has 0 amide bonds. The van der Waals surface area contributed by atoms with E-state index in [4.69, 9.17) is 4.42 Å². The van der Waals surface area contributed by atoms with Gasteiger partial charge in [-0.1, -0.05) is 29.8 Å². The average molecular weight is 313 g/mol. The number of aromatic nitrogens is 2. The standard InChI is InChI=1S/C13H17BrN2O2/c1-3-13(4-2,8-14)9-16-11-10(18-12(16)17)6-5-7-15-11/h5-7H,3-4,8-9H2,1-2H3. The van der Waals surface area contributed by atoms with Crippen LogP contribution in [0.1, 0.15) is 26.7 Å². The lowest BCUT2D eigenvalue weighted by molar-refractivity contribution is 0.253. The van der Waals surface area contributed by atoms with E-state index >= 15 is 0 Å². The van der Waals surface area contributed by atoms with Crippen LogP contribution in [0, 0.1) is 5.41 Å². The number of oxazole rings is 1. The predicted molar refractivity (Wildman–Crippen MR) is 75.1 cm³/mol. The van der Waals surface area contributed by atoms with E-state index < -0.39 is 0 Å². The summed E-state index contributed by atoms with van der Waals surface area (Å²) >= 11 is 3.56. The Morgan fingerprint density at radius 1 is 1.44 bits per heavy atom. The highest BCUT2D eigenvalue weighted by Gasteiger charge is 2.27. The lowest BCUT2D eigenvalue weighted by Crippen LogP contribution is -2.31. The van der Waals surface area contributed by atoms with Gasteiger partial charge in [-0.15, -0.1) is 0 Å². The molecular weight excluding hydrogens is 296 g/mol. The molecule has 0 bridgehead atoms. The average Bonchev–Trinajstić information content (AvgIpc) is 2.72. The van der Waals surface area contributed by atoms with Gasteiger partial charge in [0.25, 0.3) is 0 Å². The van der Waals surface area contributed by atoms with Gasteiger partial charge in [0.05, 0.1) is 0 Å². The van der Waals surface area contributed by atoms with E-state index in [1.807, 2.05) is 0 Å². The van der Waals surface area contributed by atoms with Crippen molar-refractivity contribution in [3.8, 4) is 0 Å². The number of hydrogen-bond donors (Lipinski definition) is 0. The van der Waals surface area contributed by atoms with Gasteiger partial charge in [-0.2, -0.15) is 0 Å². The van der Waals surface area contributed by atoms with Crippen molar-refractivity contribution in [1.29, 1.82) is 0 Å². The molecule has 0 unspecified atom stereocenters. The first-order valence-corrected chi connectivity index (χ1v) is 7.28. The third-order valence-corrected chi connectivity index (χ3v) is 4.89. The first kappa shape index (κ1) is 13.3. The quantitative estimate of drug-likeness (QED) is 0.797. The van der Waals surface area contributed by atoms with Gasteiger partial charge in [0, 0.05) is 18.1 Å². The van der Waals surface area contributed by atoms with Gasteiger partial charge in [0.2, 0.25) is 0 Å². The highest BCUT2D eigenvalue weighted by Crippen LogP contribution is 2.31. The zero-order valence-corrected chi connectivity index (χ0v) is 12.2. The Morgan fingerprint density at radius 3 is 2.78 bits per heavy atom. The zero-order valence-electron chi connectivity index (χ0n) is 10.6. The summed E-state index contributed by atoms with van der Waals surface area (Å²) in [6, 6.07) is 3.54. The van der Waals surface area contributed by atoms with Crippen molar-refractivity contribution in [3.05, 3.63) is 28.9 Å². The van der Waals surface area contributed by atoms with Crippen molar-refractivity contribution in [2.24, 2.45) is 5.41 Å². The Balaban J connectivity index is 2.48. The molecule has 4 nitrogen and oxygen atoms in total. The number of pyridine rings is 1. The Bertz CT molecular complexity index is 576. The SMILES string of the molecule is CCC(CC)(CBr)Cn1c(=O)oc2cccnc21. The third-order valence-electron chi connectivity index (χ3n) is 3.70. The first-order chi connectivity index (χ1) is 8.65. The highest BCUT2D eigenvalue weighted by atomic mass is 79.9. The Labute approximate surface area is 114 Å². The van der Waals surface area contributed by atoms with Gasteiger partial charge in [-0.05, 0) is 30.4 Å². The van der Waals surface area contributed by atoms with Crippen LogP contribution in [0.2, 0.25) is 0 Å². The summed E-state index contributed by atoms with van der Waals surface area (Å²) in [7, 11) is 0. The molecule has 0 aromatic carbocycles. The number of fused-ring (bicyclic) bond motifs is 1. The van der Waals surface area contributed by atoms with Crippen molar-refractivity contribution in [1.82, 2.24) is 9.55 Å². The minimum atomic E-state index is -0.323. The fourth-order valence-electron chi connectivity index (χ4n) is 2.08. The molecule has 0 fully saturated rings. The fraction of sp³-hybridized carbons (Fsp3) is 0.538. The van der Waals surface area contributed by atoms with E-state index in [0.717, 1.165) is 18.2 Å². The third kappa shape index (κ3) is 2.23. The van der Waals surface area contributed by atoms with Gasteiger partial charge < -0.3 is 4.42 Å². The molecule has 5 heteroatoms. The van der Waals surface area contributed by atoms with Crippen LogP contribution in [0.4, 0.5) is 0 Å². The molecule has 0 aliphatic rings. The second kappa shape index (κ2) is 5.26. The summed E-state index contributed by atoms with van der Waals surface area (Å²) in [6.45, 7) is 4.92. The monoisotopic (exact) mass is 312 g/mol. The number of nitrogens with zero attached hydrogens (tertiary/aromatic N) is 2. The molecule has 0 N–H and O–H groups in total. The molecule has 18 heavy (non-hydrogen) atoms. The minimum Gasteiger partial charge on any atom is -0.406 e. The summed E-state index contributed by atoms with van der Waals surface area (Å²) in [4.78, 5) is 16.1. The largest absolute Gasteiger partial charge is 0.421 e. The zero-order chi connectivity index (χ0) is 13.2. The highest BCUT2D eigenvalue weighted by molar-refractivity contribution is 9.09. The van der Waals surface area contributed by atoms with Crippen molar-refractivity contribution in [2.45, 2.75) is 33.2 Å². The molecule has 2 aromatic heterocycles. The Hall–Kier alpha value is -1.10. The molecular formula is C13H17BrN2O2. The Kier molecular flexibility index (Phi) is 3.90. The van der Waals surface area contributed by atoms with E-state index in [0.29, 0.717) is 17.8 Å². The maximum Gasteiger partial charge on any atom is 0.421 e. The summed E-state index contributed by atoms with van der Waals surface area (Å²) in [5.74, 6) is -0.323. The first-order valence-electron chi connectivity index (χ1n) is 6.16. The van der Waals surface area contributed by atoms with Crippen LogP contribution in [0.5, 0.6) is 0 Å². The molecule has 2 aromatic rings. The van der Waals surface area contributed by atoms with Crippen LogP contribution < -0.4 is 5.76 Å². The second-order valence-electron chi connectivity index (χ2n) is 4.62. The normalized spacial score (nSPS) is 12.2. The molecule has 0 saturated carbocycles. The molecule has 2 heterocycles. The van der Waals surface area contributed by atoms with Crippen molar-refractivity contribution >= 4 is 27.2 Å². The van der Waals surface area contributed by atoms with E-state index in [2.05, 4.69) is 34.8 Å². The van der Waals surface area contributed by atoms with Crippen molar-refractivity contribution in [3.63, 3.8) is 0 Å². The molecule has 0 saturated heterocycles. The maximum atomic E-state index is 11.9. The van der Waals surface area contributed by atoms with Gasteiger partial charge in [0.15, 0.2) is 11.2 Å². The van der Waals surface area contributed by atoms with Gasteiger partial charge in [-0.25, -0.2) is 9.78 Å². The van der Waals surface area contributed by atoms with Crippen LogP contribution >= 0.6 is 15.9 Å². The number of halogens is 1. The van der Waals surface area contributed by atoms with Gasteiger partial charge >= 0.3 is 5.76 Å². The van der Waals surface area contributed by atoms with Crippen LogP contribution in [-0.2, 0) is 6.54 Å². The Morgan fingerprint density at radius 2 is 2.17 bits per heavy atom. The maximum absolute atomic E-state index is 11.9. The lowest BCUT2D eigenvalue weighted by Gasteiger charge is -2.29. The molecule has 2 rings (SSSR count). The van der Waals surface area contributed by atoms with E-state index in [1.54, 1.807) is 22.9 Å². The molecule has 0 radical (unpaired) electrons. The number of hydrogen-bond acceptors (Lipinski definition) is 3. The van der Waals surface area contributed by atoms with Crippen molar-refractivity contribution in [2.75, 3.05) is 5.33 Å². The molecule has 0 aliphatic carbocycles. The van der Waals surface area contributed by atoms with E-state index in [1.165, 1.54) is 0 Å². The van der Waals surface area contributed by atoms with Crippen LogP contribution in [0.3, 0.4) is 0 Å². The van der Waals surface area contributed by atoms with Crippen LogP contribution in [-0.4, -0.2) is 14.9 Å². The van der Waals surface area contributed by atoms with Crippen LogP contribution in [0.15, 0.2) is 27.5 Å². The molecule has 0 atom stereocenters. The van der Waals surface area contributed by atoms with Gasteiger partial charge in [-0.3, -0.25) is 4.57 Å². The topological polar surface area (TPSA) is 48.0 Å². The predicted octanol–water partition coefficient (Wildman–Crippen LogP) is 3.19. The molecule has 0 spiro atoms. The summed E-state index contributed by atoms with van der Waals surface area (Å²) in [5.41, 5.74) is 1.26. The summed E-state index contributed by atoms with van der Waals surface area (Å²) in [6.07, 6.45) is 3.68. The van der Waals surface area contributed by atoms with Gasteiger partial charge in [0.1, 0.15) is 0 Å². The lowest BCUT2D eigenvalue weighted by atomic mass is 9.84. The number of rotatable bonds is 5. The summed E-state index contributed by atoms with van der Waals surface area (Å²) in [5, 5.41) is 0.860.